The van der Waals surface area contributed by atoms with Gasteiger partial charge in [0, 0.05) is 5.57 Å². The van der Waals surface area contributed by atoms with E-state index in [9.17, 15) is 10.1 Å². The normalized spacial score (nSPS) is 15.2. The second kappa shape index (κ2) is 9.61. The molecule has 0 aliphatic carbocycles. The minimum Gasteiger partial charge on any atom is -0.463 e. The Morgan fingerprint density at radius 1 is 1.21 bits per heavy atom. The lowest BCUT2D eigenvalue weighted by Crippen LogP contribution is -2.14. The molecule has 0 aliphatic heterocycles. The first-order valence-electron chi connectivity index (χ1n) is 7.34. The average Bonchev–Trinajstić information content (AvgIpc) is 2.42. The molecule has 0 unspecified atom stereocenters. The lowest BCUT2D eigenvalue weighted by atomic mass is 9.83. The van der Waals surface area contributed by atoms with Crippen molar-refractivity contribution in [3.05, 3.63) is 11.1 Å². The molecule has 0 N–H and O–H groups in total. The molecule has 0 saturated heterocycles. The van der Waals surface area contributed by atoms with Gasteiger partial charge in [0.05, 0.1) is 18.2 Å². The maximum Gasteiger partial charge on any atom is 0.334 e. The van der Waals surface area contributed by atoms with Gasteiger partial charge in [0.1, 0.15) is 0 Å². The number of nitrogens with zero attached hydrogens (tertiary/aromatic N) is 1. The van der Waals surface area contributed by atoms with Crippen LogP contribution in [0.15, 0.2) is 11.1 Å². The highest BCUT2D eigenvalue weighted by Gasteiger charge is 2.20. The summed E-state index contributed by atoms with van der Waals surface area (Å²) in [6.45, 7) is 10.5. The molecule has 3 heteroatoms. The zero-order valence-corrected chi connectivity index (χ0v) is 13.0. The minimum absolute atomic E-state index is 0.333. The van der Waals surface area contributed by atoms with E-state index in [1.54, 1.807) is 6.92 Å². The van der Waals surface area contributed by atoms with Crippen LogP contribution in [0.4, 0.5) is 0 Å². The molecule has 0 aromatic carbocycles. The first-order valence-corrected chi connectivity index (χ1v) is 7.34. The lowest BCUT2D eigenvalue weighted by Gasteiger charge is -2.21. The van der Waals surface area contributed by atoms with E-state index in [1.807, 2.05) is 6.92 Å². The fourth-order valence-corrected chi connectivity index (χ4v) is 2.28. The summed E-state index contributed by atoms with van der Waals surface area (Å²) in [5.41, 5.74) is 1.15. The number of ether oxygens (including phenoxy) is 1. The number of carbonyl (C=O) groups is 1. The van der Waals surface area contributed by atoms with Gasteiger partial charge in [-0.2, -0.15) is 5.26 Å². The fourth-order valence-electron chi connectivity index (χ4n) is 2.28. The van der Waals surface area contributed by atoms with E-state index >= 15 is 0 Å². The van der Waals surface area contributed by atoms with Crippen LogP contribution in [0.3, 0.4) is 0 Å². The number of hydrogen-bond donors (Lipinski definition) is 0. The van der Waals surface area contributed by atoms with Crippen LogP contribution in [0.2, 0.25) is 0 Å². The summed E-state index contributed by atoms with van der Waals surface area (Å²) >= 11 is 0. The van der Waals surface area contributed by atoms with Crippen LogP contribution in [-0.4, -0.2) is 12.6 Å². The van der Waals surface area contributed by atoms with Crippen LogP contribution in [-0.2, 0) is 9.53 Å². The van der Waals surface area contributed by atoms with Crippen LogP contribution >= 0.6 is 0 Å². The number of esters is 1. The van der Waals surface area contributed by atoms with Crippen LogP contribution in [0.25, 0.3) is 0 Å². The van der Waals surface area contributed by atoms with Crippen molar-refractivity contribution in [3.63, 3.8) is 0 Å². The Hall–Kier alpha value is -1.30. The summed E-state index contributed by atoms with van der Waals surface area (Å²) in [5, 5.41) is 9.33. The Balaban J connectivity index is 5.14. The summed E-state index contributed by atoms with van der Waals surface area (Å²) < 4.78 is 5.03. The third kappa shape index (κ3) is 5.46. The molecule has 0 aliphatic rings. The fraction of sp³-hybridized carbons (Fsp3) is 0.750. The summed E-state index contributed by atoms with van der Waals surface area (Å²) in [6, 6.07) is 2.21. The first kappa shape index (κ1) is 17.7. The van der Waals surface area contributed by atoms with Gasteiger partial charge in [-0.25, -0.2) is 4.79 Å². The molecule has 0 aromatic rings. The standard InChI is InChI=1S/C16H27NO2/c1-6-12(5)13(7-2)10-14(11-17)15(8-3)16(18)19-9-4/h12-13H,6-10H2,1-5H3/b15-14-/t12-,13+/m1/s1. The Morgan fingerprint density at radius 3 is 2.21 bits per heavy atom. The third-order valence-corrected chi connectivity index (χ3v) is 3.81. The zero-order valence-electron chi connectivity index (χ0n) is 13.0. The molecule has 19 heavy (non-hydrogen) atoms. The zero-order chi connectivity index (χ0) is 14.8. The van der Waals surface area contributed by atoms with E-state index in [4.69, 9.17) is 4.74 Å². The van der Waals surface area contributed by atoms with Crippen molar-refractivity contribution in [2.75, 3.05) is 6.61 Å². The van der Waals surface area contributed by atoms with E-state index < -0.39 is 0 Å². The highest BCUT2D eigenvalue weighted by atomic mass is 16.5. The van der Waals surface area contributed by atoms with Crippen LogP contribution in [0.1, 0.15) is 60.3 Å². The number of allylic oxidation sites excluding steroid dienone is 1. The van der Waals surface area contributed by atoms with Gasteiger partial charge in [0.15, 0.2) is 0 Å². The molecule has 0 spiro atoms. The van der Waals surface area contributed by atoms with Crippen molar-refractivity contribution in [2.24, 2.45) is 11.8 Å². The summed E-state index contributed by atoms with van der Waals surface area (Å²) in [4.78, 5) is 11.9. The van der Waals surface area contributed by atoms with E-state index in [1.165, 1.54) is 0 Å². The van der Waals surface area contributed by atoms with E-state index in [2.05, 4.69) is 26.8 Å². The van der Waals surface area contributed by atoms with Crippen molar-refractivity contribution in [1.82, 2.24) is 0 Å². The van der Waals surface area contributed by atoms with Gasteiger partial charge < -0.3 is 4.74 Å². The molecule has 0 saturated carbocycles. The number of rotatable bonds is 8. The van der Waals surface area contributed by atoms with E-state index in [-0.39, 0.29) is 5.97 Å². The number of nitriles is 1. The van der Waals surface area contributed by atoms with Crippen LogP contribution in [0.5, 0.6) is 0 Å². The van der Waals surface area contributed by atoms with Crippen LogP contribution in [0, 0.1) is 23.2 Å². The highest BCUT2D eigenvalue weighted by Crippen LogP contribution is 2.28. The molecule has 0 rings (SSSR count). The van der Waals surface area contributed by atoms with Gasteiger partial charge in [-0.1, -0.05) is 40.5 Å². The molecule has 0 aromatic heterocycles. The van der Waals surface area contributed by atoms with Crippen molar-refractivity contribution >= 4 is 5.97 Å². The Bertz CT molecular complexity index is 352. The second-order valence-electron chi connectivity index (χ2n) is 4.90. The van der Waals surface area contributed by atoms with Gasteiger partial charge in [-0.15, -0.1) is 0 Å². The maximum absolute atomic E-state index is 11.9. The largest absolute Gasteiger partial charge is 0.463 e. The summed E-state index contributed by atoms with van der Waals surface area (Å²) in [6.07, 6.45) is 3.36. The second-order valence-corrected chi connectivity index (χ2v) is 4.90. The Kier molecular flexibility index (Phi) is 8.95. The monoisotopic (exact) mass is 265 g/mol. The predicted molar refractivity (Wildman–Crippen MR) is 77.4 cm³/mol. The topological polar surface area (TPSA) is 50.1 Å². The lowest BCUT2D eigenvalue weighted by molar-refractivity contribution is -0.138. The smallest absolute Gasteiger partial charge is 0.334 e. The maximum atomic E-state index is 11.9. The van der Waals surface area contributed by atoms with Crippen molar-refractivity contribution in [2.45, 2.75) is 60.3 Å². The number of hydrogen-bond acceptors (Lipinski definition) is 3. The van der Waals surface area contributed by atoms with E-state index in [0.717, 1.165) is 12.8 Å². The van der Waals surface area contributed by atoms with Crippen molar-refractivity contribution in [1.29, 1.82) is 5.26 Å². The molecule has 0 radical (unpaired) electrons. The van der Waals surface area contributed by atoms with Gasteiger partial charge in [0.25, 0.3) is 0 Å². The average molecular weight is 265 g/mol. The first-order chi connectivity index (χ1) is 9.05. The molecule has 0 bridgehead atoms. The van der Waals surface area contributed by atoms with Gasteiger partial charge >= 0.3 is 5.97 Å². The molecule has 2 atom stereocenters. The Morgan fingerprint density at radius 2 is 1.84 bits per heavy atom. The SMILES string of the molecule is CCOC(=O)/C(CC)=C(\C#N)C[C@H](CC)[C@H](C)CC. The molecular weight excluding hydrogens is 238 g/mol. The van der Waals surface area contributed by atoms with Crippen LogP contribution < -0.4 is 0 Å². The van der Waals surface area contributed by atoms with E-state index in [0.29, 0.717) is 42.4 Å². The molecule has 0 heterocycles. The predicted octanol–water partition coefficient (Wildman–Crippen LogP) is 4.24. The molecule has 0 fully saturated rings. The minimum atomic E-state index is -0.333. The molecule has 3 nitrogen and oxygen atoms in total. The van der Waals surface area contributed by atoms with Gasteiger partial charge in [0.2, 0.25) is 0 Å². The molecular formula is C16H27NO2. The molecule has 0 amide bonds. The van der Waals surface area contributed by atoms with Crippen molar-refractivity contribution < 1.29 is 9.53 Å². The number of carbonyl (C=O) groups excluding carboxylic acids is 1. The third-order valence-electron chi connectivity index (χ3n) is 3.81. The highest BCUT2D eigenvalue weighted by molar-refractivity contribution is 5.90. The summed E-state index contributed by atoms with van der Waals surface area (Å²) in [5.74, 6) is 0.685. The van der Waals surface area contributed by atoms with Gasteiger partial charge in [-0.05, 0) is 31.6 Å². The Labute approximate surface area is 117 Å². The summed E-state index contributed by atoms with van der Waals surface area (Å²) in [7, 11) is 0. The van der Waals surface area contributed by atoms with Crippen molar-refractivity contribution in [3.8, 4) is 6.07 Å². The van der Waals surface area contributed by atoms with Gasteiger partial charge in [-0.3, -0.25) is 0 Å². The quantitative estimate of drug-likeness (QED) is 0.374. The molecule has 108 valence electrons.